The third-order valence-corrected chi connectivity index (χ3v) is 4.53. The van der Waals surface area contributed by atoms with Gasteiger partial charge in [0, 0.05) is 5.75 Å². The second-order valence-corrected chi connectivity index (χ2v) is 6.41. The molecule has 0 aliphatic heterocycles. The molecule has 3 aromatic rings. The van der Waals surface area contributed by atoms with Crippen LogP contribution in [-0.2, 0) is 5.75 Å². The number of ether oxygens (including phenoxy) is 1. The van der Waals surface area contributed by atoms with Gasteiger partial charge in [-0.25, -0.2) is 14.5 Å². The molecule has 0 saturated heterocycles. The Morgan fingerprint density at radius 2 is 1.93 bits per heavy atom. The lowest BCUT2D eigenvalue weighted by molar-refractivity contribution is 0.340. The number of hydrazone groups is 1. The minimum absolute atomic E-state index is 0.261. The molecule has 27 heavy (non-hydrogen) atoms. The van der Waals surface area contributed by atoms with Crippen LogP contribution in [0.4, 0.5) is 10.3 Å². The molecule has 0 fully saturated rings. The molecule has 9 heteroatoms. The van der Waals surface area contributed by atoms with Gasteiger partial charge in [-0.3, -0.25) is 0 Å². The first-order valence-corrected chi connectivity index (χ1v) is 9.24. The van der Waals surface area contributed by atoms with E-state index >= 15 is 0 Å². The fourth-order valence-corrected chi connectivity index (χ4v) is 2.97. The van der Waals surface area contributed by atoms with Crippen LogP contribution in [0.25, 0.3) is 0 Å². The van der Waals surface area contributed by atoms with Crippen molar-refractivity contribution in [3.05, 3.63) is 65.5 Å². The zero-order valence-electron chi connectivity index (χ0n) is 14.7. The summed E-state index contributed by atoms with van der Waals surface area (Å²) in [5, 5.41) is 12.6. The maximum absolute atomic E-state index is 12.9. The highest BCUT2D eigenvalue weighted by atomic mass is 32.2. The molecule has 0 atom stereocenters. The number of nitrogens with two attached hydrogens (primary N) is 1. The van der Waals surface area contributed by atoms with Gasteiger partial charge in [0.15, 0.2) is 0 Å². The largest absolute Gasteiger partial charge is 0.494 e. The van der Waals surface area contributed by atoms with Crippen LogP contribution < -0.4 is 16.0 Å². The van der Waals surface area contributed by atoms with Crippen LogP contribution in [-0.4, -0.2) is 27.7 Å². The molecule has 0 amide bonds. The highest BCUT2D eigenvalue weighted by Crippen LogP contribution is 2.21. The number of thioether (sulfide) groups is 1. The van der Waals surface area contributed by atoms with Crippen LogP contribution in [0.1, 0.15) is 18.1 Å². The molecule has 0 unspecified atom stereocenters. The minimum atomic E-state index is -0.261. The van der Waals surface area contributed by atoms with Crippen molar-refractivity contribution in [1.29, 1.82) is 0 Å². The average molecular weight is 386 g/mol. The second-order valence-electron chi connectivity index (χ2n) is 5.46. The molecule has 0 radical (unpaired) electrons. The predicted octanol–water partition coefficient (Wildman–Crippen LogP) is 3.27. The van der Waals surface area contributed by atoms with Crippen molar-refractivity contribution in [2.75, 3.05) is 17.9 Å². The number of benzene rings is 2. The second kappa shape index (κ2) is 9.04. The van der Waals surface area contributed by atoms with E-state index in [9.17, 15) is 4.39 Å². The summed E-state index contributed by atoms with van der Waals surface area (Å²) in [5.74, 6) is 7.45. The van der Waals surface area contributed by atoms with Gasteiger partial charge in [0.2, 0.25) is 5.16 Å². The van der Waals surface area contributed by atoms with Gasteiger partial charge in [0.1, 0.15) is 11.6 Å². The summed E-state index contributed by atoms with van der Waals surface area (Å²) < 4.78 is 19.6. The molecule has 1 heterocycles. The summed E-state index contributed by atoms with van der Waals surface area (Å²) in [6.07, 6.45) is 1.65. The van der Waals surface area contributed by atoms with Crippen molar-refractivity contribution in [2.24, 2.45) is 5.10 Å². The Bertz CT molecular complexity index is 895. The van der Waals surface area contributed by atoms with Crippen LogP contribution in [0.3, 0.4) is 0 Å². The molecular formula is C18H19FN6OS. The fourth-order valence-electron chi connectivity index (χ4n) is 2.16. The van der Waals surface area contributed by atoms with Crippen molar-refractivity contribution >= 4 is 23.9 Å². The maximum Gasteiger partial charge on any atom is 0.264 e. The van der Waals surface area contributed by atoms with Crippen LogP contribution in [0, 0.1) is 5.82 Å². The van der Waals surface area contributed by atoms with E-state index in [-0.39, 0.29) is 5.82 Å². The number of aromatic nitrogens is 3. The summed E-state index contributed by atoms with van der Waals surface area (Å²) >= 11 is 1.40. The van der Waals surface area contributed by atoms with Gasteiger partial charge in [-0.1, -0.05) is 23.9 Å². The third-order valence-electron chi connectivity index (χ3n) is 3.52. The van der Waals surface area contributed by atoms with Crippen molar-refractivity contribution in [1.82, 2.24) is 14.9 Å². The quantitative estimate of drug-likeness (QED) is 0.267. The molecular weight excluding hydrogens is 367 g/mol. The molecule has 0 aliphatic carbocycles. The van der Waals surface area contributed by atoms with Gasteiger partial charge in [-0.2, -0.15) is 5.10 Å². The summed E-state index contributed by atoms with van der Waals surface area (Å²) in [4.78, 5) is 0. The summed E-state index contributed by atoms with van der Waals surface area (Å²) in [6, 6.07) is 13.8. The molecule has 3 N–H and O–H groups in total. The molecule has 0 bridgehead atoms. The summed E-state index contributed by atoms with van der Waals surface area (Å²) in [5.41, 5.74) is 4.63. The third kappa shape index (κ3) is 5.20. The molecule has 0 spiro atoms. The van der Waals surface area contributed by atoms with E-state index in [1.807, 2.05) is 31.2 Å². The number of anilines is 1. The van der Waals surface area contributed by atoms with Gasteiger partial charge in [-0.05, 0) is 54.4 Å². The Labute approximate surface area is 160 Å². The van der Waals surface area contributed by atoms with Gasteiger partial charge >= 0.3 is 0 Å². The molecule has 0 saturated carbocycles. The lowest BCUT2D eigenvalue weighted by Crippen LogP contribution is -2.13. The van der Waals surface area contributed by atoms with E-state index in [1.165, 1.54) is 28.6 Å². The maximum atomic E-state index is 12.9. The van der Waals surface area contributed by atoms with Crippen LogP contribution in [0.5, 0.6) is 5.75 Å². The Morgan fingerprint density at radius 1 is 1.19 bits per heavy atom. The number of halogens is 1. The highest BCUT2D eigenvalue weighted by Gasteiger charge is 2.09. The molecule has 140 valence electrons. The molecule has 3 rings (SSSR count). The Balaban J connectivity index is 1.55. The zero-order valence-corrected chi connectivity index (χ0v) is 15.5. The monoisotopic (exact) mass is 386 g/mol. The van der Waals surface area contributed by atoms with Gasteiger partial charge < -0.3 is 10.6 Å². The van der Waals surface area contributed by atoms with E-state index in [4.69, 9.17) is 10.6 Å². The molecule has 0 aliphatic rings. The van der Waals surface area contributed by atoms with Crippen LogP contribution in [0.15, 0.2) is 58.8 Å². The lowest BCUT2D eigenvalue weighted by atomic mass is 10.2. The number of nitrogen functional groups attached to an aromatic ring is 1. The first-order chi connectivity index (χ1) is 13.2. The topological polar surface area (TPSA) is 90.3 Å². The number of nitrogens with zero attached hydrogens (tertiary/aromatic N) is 4. The molecule has 1 aromatic heterocycles. The Morgan fingerprint density at radius 3 is 2.63 bits per heavy atom. The average Bonchev–Trinajstić information content (AvgIpc) is 3.03. The SMILES string of the molecule is CCOc1ccc(/C=N/Nc2nnc(SCc3ccc(F)cc3)n2N)cc1. The molecule has 2 aromatic carbocycles. The van der Waals surface area contributed by atoms with Crippen LogP contribution >= 0.6 is 11.8 Å². The highest BCUT2D eigenvalue weighted by molar-refractivity contribution is 7.98. The first-order valence-electron chi connectivity index (χ1n) is 8.25. The fraction of sp³-hybridized carbons (Fsp3) is 0.167. The van der Waals surface area contributed by atoms with Crippen LogP contribution in [0.2, 0.25) is 0 Å². The van der Waals surface area contributed by atoms with Gasteiger partial charge in [0.25, 0.3) is 5.95 Å². The number of hydrogen-bond acceptors (Lipinski definition) is 7. The van der Waals surface area contributed by atoms with Crippen molar-refractivity contribution in [2.45, 2.75) is 17.8 Å². The smallest absolute Gasteiger partial charge is 0.264 e. The summed E-state index contributed by atoms with van der Waals surface area (Å²) in [7, 11) is 0. The Kier molecular flexibility index (Phi) is 6.26. The van der Waals surface area contributed by atoms with E-state index in [2.05, 4.69) is 20.7 Å². The van der Waals surface area contributed by atoms with Gasteiger partial charge in [-0.15, -0.1) is 10.2 Å². The summed E-state index contributed by atoms with van der Waals surface area (Å²) in [6.45, 7) is 2.57. The van der Waals surface area contributed by atoms with E-state index in [0.717, 1.165) is 16.9 Å². The van der Waals surface area contributed by atoms with Crippen molar-refractivity contribution in [3.8, 4) is 5.75 Å². The standard InChI is InChI=1S/C18H19FN6OS/c1-2-26-16-9-5-13(6-10-16)11-21-22-17-23-24-18(25(17)20)27-12-14-3-7-15(19)8-4-14/h3-11H,2,12,20H2,1H3,(H,22,23)/b21-11+. The van der Waals surface area contributed by atoms with Crippen molar-refractivity contribution in [3.63, 3.8) is 0 Å². The van der Waals surface area contributed by atoms with Gasteiger partial charge in [0.05, 0.1) is 12.8 Å². The minimum Gasteiger partial charge on any atom is -0.494 e. The normalized spacial score (nSPS) is 11.0. The first kappa shape index (κ1) is 18.7. The van der Waals surface area contributed by atoms with E-state index in [0.29, 0.717) is 23.5 Å². The van der Waals surface area contributed by atoms with E-state index < -0.39 is 0 Å². The number of hydrogen-bond donors (Lipinski definition) is 2. The van der Waals surface area contributed by atoms with E-state index in [1.54, 1.807) is 18.3 Å². The van der Waals surface area contributed by atoms with Crippen molar-refractivity contribution < 1.29 is 9.13 Å². The lowest BCUT2D eigenvalue weighted by Gasteiger charge is -2.03. The number of rotatable bonds is 8. The zero-order chi connectivity index (χ0) is 19.1. The Hall–Kier alpha value is -3.07. The number of nitrogens with one attached hydrogen (secondary N) is 1. The molecule has 7 nitrogen and oxygen atoms in total. The predicted molar refractivity (Wildman–Crippen MR) is 105 cm³/mol.